The van der Waals surface area contributed by atoms with Gasteiger partial charge in [0, 0.05) is 6.42 Å². The molecule has 0 aromatic heterocycles. The third kappa shape index (κ3) is 6.47. The van der Waals surface area contributed by atoms with Crippen LogP contribution in [-0.2, 0) is 17.4 Å². The van der Waals surface area contributed by atoms with E-state index < -0.39 is 11.7 Å². The maximum absolute atomic E-state index is 12.5. The highest BCUT2D eigenvalue weighted by atomic mass is 19.4. The van der Waals surface area contributed by atoms with E-state index in [9.17, 15) is 18.0 Å². The van der Waals surface area contributed by atoms with Gasteiger partial charge in [0.25, 0.3) is 0 Å². The topological polar surface area (TPSA) is 66.0 Å². The number of carbonyl (C=O) groups excluding carboxylic acids is 1. The summed E-state index contributed by atoms with van der Waals surface area (Å²) >= 11 is 0. The summed E-state index contributed by atoms with van der Waals surface area (Å²) < 4.78 is 58.8. The molecule has 2 aromatic carbocycles. The van der Waals surface area contributed by atoms with Gasteiger partial charge in [-0.25, -0.2) is 0 Å². The third-order valence-electron chi connectivity index (χ3n) is 4.24. The maximum Gasteiger partial charge on any atom is 0.416 e. The predicted molar refractivity (Wildman–Crippen MR) is 104 cm³/mol. The SMILES string of the molecule is COc1cc(CCC(=O)NCCOc2ccc(C(F)(F)F)cc2)cc(OC)c1OC. The lowest BCUT2D eigenvalue weighted by atomic mass is 10.1. The third-order valence-corrected chi connectivity index (χ3v) is 4.24. The molecule has 0 aliphatic rings. The van der Waals surface area contributed by atoms with E-state index >= 15 is 0 Å². The summed E-state index contributed by atoms with van der Waals surface area (Å²) in [5.41, 5.74) is 0.107. The Morgan fingerprint density at radius 3 is 2.07 bits per heavy atom. The summed E-state index contributed by atoms with van der Waals surface area (Å²) in [6, 6.07) is 7.95. The molecule has 0 unspecified atom stereocenters. The second-order valence-corrected chi connectivity index (χ2v) is 6.25. The van der Waals surface area contributed by atoms with Crippen molar-refractivity contribution in [3.05, 3.63) is 47.5 Å². The van der Waals surface area contributed by atoms with E-state index in [4.69, 9.17) is 18.9 Å². The zero-order valence-corrected chi connectivity index (χ0v) is 17.0. The molecule has 0 bridgehead atoms. The van der Waals surface area contributed by atoms with E-state index in [1.807, 2.05) is 0 Å². The molecule has 0 saturated carbocycles. The number of halogens is 3. The molecule has 6 nitrogen and oxygen atoms in total. The zero-order chi connectivity index (χ0) is 22.1. The number of benzene rings is 2. The molecule has 0 heterocycles. The molecular formula is C21H24F3NO5. The minimum Gasteiger partial charge on any atom is -0.493 e. The predicted octanol–water partition coefficient (Wildman–Crippen LogP) is 3.86. The van der Waals surface area contributed by atoms with Gasteiger partial charge in [0.05, 0.1) is 33.4 Å². The van der Waals surface area contributed by atoms with E-state index in [-0.39, 0.29) is 25.5 Å². The Morgan fingerprint density at radius 1 is 0.967 bits per heavy atom. The van der Waals surface area contributed by atoms with Crippen LogP contribution in [0.15, 0.2) is 36.4 Å². The van der Waals surface area contributed by atoms with Crippen LogP contribution in [0.4, 0.5) is 13.2 Å². The molecule has 0 radical (unpaired) electrons. The second-order valence-electron chi connectivity index (χ2n) is 6.25. The van der Waals surface area contributed by atoms with Crippen molar-refractivity contribution in [3.8, 4) is 23.0 Å². The van der Waals surface area contributed by atoms with E-state index in [2.05, 4.69) is 5.32 Å². The van der Waals surface area contributed by atoms with E-state index in [0.29, 0.717) is 29.4 Å². The standard InChI is InChI=1S/C21H24F3NO5/c1-27-17-12-14(13-18(28-2)20(17)29-3)4-9-19(26)25-10-11-30-16-7-5-15(6-8-16)21(22,23)24/h5-8,12-13H,4,9-11H2,1-3H3,(H,25,26). The highest BCUT2D eigenvalue weighted by molar-refractivity contribution is 5.76. The molecule has 30 heavy (non-hydrogen) atoms. The smallest absolute Gasteiger partial charge is 0.416 e. The van der Waals surface area contributed by atoms with Crippen molar-refractivity contribution in [2.24, 2.45) is 0 Å². The van der Waals surface area contributed by atoms with Crippen molar-refractivity contribution in [3.63, 3.8) is 0 Å². The number of aryl methyl sites for hydroxylation is 1. The van der Waals surface area contributed by atoms with Crippen LogP contribution in [0.2, 0.25) is 0 Å². The molecule has 0 aliphatic heterocycles. The number of rotatable bonds is 10. The zero-order valence-electron chi connectivity index (χ0n) is 17.0. The number of carbonyl (C=O) groups is 1. The van der Waals surface area contributed by atoms with Gasteiger partial charge in [-0.2, -0.15) is 13.2 Å². The molecule has 2 rings (SSSR count). The first-order valence-corrected chi connectivity index (χ1v) is 9.14. The molecule has 0 aliphatic carbocycles. The molecule has 9 heteroatoms. The fraction of sp³-hybridized carbons (Fsp3) is 0.381. The molecule has 0 saturated heterocycles. The van der Waals surface area contributed by atoms with Gasteiger partial charge in [-0.15, -0.1) is 0 Å². The van der Waals surface area contributed by atoms with Crippen LogP contribution in [-0.4, -0.2) is 40.4 Å². The molecule has 0 atom stereocenters. The average Bonchev–Trinajstić information content (AvgIpc) is 2.74. The normalized spacial score (nSPS) is 11.0. The van der Waals surface area contributed by atoms with Crippen LogP contribution in [0, 0.1) is 0 Å². The monoisotopic (exact) mass is 427 g/mol. The van der Waals surface area contributed by atoms with Crippen molar-refractivity contribution in [1.82, 2.24) is 5.32 Å². The highest BCUT2D eigenvalue weighted by Gasteiger charge is 2.30. The molecule has 0 fully saturated rings. The summed E-state index contributed by atoms with van der Waals surface area (Å²) in [7, 11) is 4.55. The molecule has 2 aromatic rings. The molecular weight excluding hydrogens is 403 g/mol. The number of hydrogen-bond acceptors (Lipinski definition) is 5. The van der Waals surface area contributed by atoms with E-state index in [1.165, 1.54) is 33.5 Å². The van der Waals surface area contributed by atoms with Crippen LogP contribution in [0.1, 0.15) is 17.5 Å². The van der Waals surface area contributed by atoms with Gasteiger partial charge in [-0.1, -0.05) is 0 Å². The molecule has 1 amide bonds. The Morgan fingerprint density at radius 2 is 1.57 bits per heavy atom. The second kappa shape index (κ2) is 10.6. The average molecular weight is 427 g/mol. The van der Waals surface area contributed by atoms with Crippen LogP contribution >= 0.6 is 0 Å². The fourth-order valence-corrected chi connectivity index (χ4v) is 2.73. The van der Waals surface area contributed by atoms with E-state index in [0.717, 1.165) is 17.7 Å². The lowest BCUT2D eigenvalue weighted by Crippen LogP contribution is -2.28. The lowest BCUT2D eigenvalue weighted by molar-refractivity contribution is -0.137. The van der Waals surface area contributed by atoms with Crippen molar-refractivity contribution in [2.45, 2.75) is 19.0 Å². The first-order chi connectivity index (χ1) is 14.3. The van der Waals surface area contributed by atoms with Crippen molar-refractivity contribution < 1.29 is 36.9 Å². The first-order valence-electron chi connectivity index (χ1n) is 9.14. The van der Waals surface area contributed by atoms with Gasteiger partial charge in [-0.05, 0) is 48.4 Å². The number of methoxy groups -OCH3 is 3. The highest BCUT2D eigenvalue weighted by Crippen LogP contribution is 2.38. The number of alkyl halides is 3. The maximum atomic E-state index is 12.5. The quantitative estimate of drug-likeness (QED) is 0.584. The Hall–Kier alpha value is -3.10. The minimum atomic E-state index is -4.38. The molecule has 0 spiro atoms. The van der Waals surface area contributed by atoms with Crippen LogP contribution in [0.3, 0.4) is 0 Å². The van der Waals surface area contributed by atoms with Gasteiger partial charge in [-0.3, -0.25) is 4.79 Å². The Kier molecular flexibility index (Phi) is 8.20. The molecule has 1 N–H and O–H groups in total. The van der Waals surface area contributed by atoms with Gasteiger partial charge in [0.15, 0.2) is 11.5 Å². The minimum absolute atomic E-state index is 0.140. The summed E-state index contributed by atoms with van der Waals surface area (Å²) in [5, 5.41) is 2.71. The van der Waals surface area contributed by atoms with Crippen LogP contribution in [0.5, 0.6) is 23.0 Å². The lowest BCUT2D eigenvalue weighted by Gasteiger charge is -2.14. The van der Waals surface area contributed by atoms with Gasteiger partial charge < -0.3 is 24.3 Å². The summed E-state index contributed by atoms with van der Waals surface area (Å²) in [4.78, 5) is 12.0. The van der Waals surface area contributed by atoms with Crippen LogP contribution in [0.25, 0.3) is 0 Å². The number of hydrogen-bond donors (Lipinski definition) is 1. The number of amides is 1. The van der Waals surface area contributed by atoms with Gasteiger partial charge in [0.1, 0.15) is 12.4 Å². The Balaban J connectivity index is 1.78. The van der Waals surface area contributed by atoms with Crippen molar-refractivity contribution in [2.75, 3.05) is 34.5 Å². The van der Waals surface area contributed by atoms with Crippen molar-refractivity contribution >= 4 is 5.91 Å². The fourth-order valence-electron chi connectivity index (χ4n) is 2.73. The van der Waals surface area contributed by atoms with E-state index in [1.54, 1.807) is 12.1 Å². The largest absolute Gasteiger partial charge is 0.493 e. The Bertz CT molecular complexity index is 813. The summed E-state index contributed by atoms with van der Waals surface area (Å²) in [6.07, 6.45) is -3.69. The number of nitrogens with one attached hydrogen (secondary N) is 1. The van der Waals surface area contributed by atoms with Gasteiger partial charge in [0.2, 0.25) is 11.7 Å². The van der Waals surface area contributed by atoms with Crippen LogP contribution < -0.4 is 24.3 Å². The Labute approximate surface area is 172 Å². The first kappa shape index (κ1) is 23.2. The van der Waals surface area contributed by atoms with Gasteiger partial charge >= 0.3 is 6.18 Å². The van der Waals surface area contributed by atoms with Crippen molar-refractivity contribution in [1.29, 1.82) is 0 Å². The number of ether oxygens (including phenoxy) is 4. The molecule has 164 valence electrons. The summed E-state index contributed by atoms with van der Waals surface area (Å²) in [5.74, 6) is 1.62. The summed E-state index contributed by atoms with van der Waals surface area (Å²) in [6.45, 7) is 0.371.